The normalized spacial score (nSPS) is 11.0. The number of carbonyl (C=O) groups excluding carboxylic acids is 1. The molecule has 0 saturated heterocycles. The molecule has 1 N–H and O–H groups in total. The van der Waals surface area contributed by atoms with Crippen molar-refractivity contribution in [2.45, 2.75) is 20.4 Å². The van der Waals surface area contributed by atoms with E-state index in [1.165, 1.54) is 18.3 Å². The van der Waals surface area contributed by atoms with E-state index in [0.717, 1.165) is 17.0 Å². The zero-order chi connectivity index (χ0) is 18.5. The maximum Gasteiger partial charge on any atom is 0.271 e. The molecule has 0 aliphatic heterocycles. The van der Waals surface area contributed by atoms with Gasteiger partial charge in [0.25, 0.3) is 5.91 Å². The molecule has 3 aromatic rings. The summed E-state index contributed by atoms with van der Waals surface area (Å²) in [5, 5.41) is 8.35. The van der Waals surface area contributed by atoms with Gasteiger partial charge in [0, 0.05) is 11.3 Å². The number of benzene rings is 2. The molecular formula is C20H19FN4O. The summed E-state index contributed by atoms with van der Waals surface area (Å²) in [6.45, 7) is 4.55. The third kappa shape index (κ3) is 4.42. The number of hydrazone groups is 1. The number of nitrogens with one attached hydrogen (secondary N) is 1. The standard InChI is InChI=1S/C20H19FN4O/c1-14-10-15(2)25(24-14)13-17-4-3-5-18(11-17)20(26)23-22-12-16-6-8-19(21)9-7-16/h3-12H,13H2,1-2H3,(H,23,26)/b22-12-. The first-order chi connectivity index (χ1) is 12.5. The predicted octanol–water partition coefficient (Wildman–Crippen LogP) is 3.45. The molecule has 2 aromatic carbocycles. The monoisotopic (exact) mass is 350 g/mol. The number of halogens is 1. The van der Waals surface area contributed by atoms with Crippen LogP contribution in [-0.2, 0) is 6.54 Å². The van der Waals surface area contributed by atoms with Gasteiger partial charge in [-0.1, -0.05) is 24.3 Å². The van der Waals surface area contributed by atoms with E-state index < -0.39 is 0 Å². The van der Waals surface area contributed by atoms with Crippen LogP contribution in [0.15, 0.2) is 59.7 Å². The number of hydrogen-bond acceptors (Lipinski definition) is 3. The first kappa shape index (κ1) is 17.5. The van der Waals surface area contributed by atoms with Crippen LogP contribution in [0.3, 0.4) is 0 Å². The Morgan fingerprint density at radius 1 is 1.19 bits per heavy atom. The zero-order valence-corrected chi connectivity index (χ0v) is 14.6. The topological polar surface area (TPSA) is 59.3 Å². The summed E-state index contributed by atoms with van der Waals surface area (Å²) in [4.78, 5) is 12.3. The Labute approximate surface area is 151 Å². The smallest absolute Gasteiger partial charge is 0.267 e. The zero-order valence-electron chi connectivity index (χ0n) is 14.6. The highest BCUT2D eigenvalue weighted by Crippen LogP contribution is 2.10. The molecule has 5 nitrogen and oxygen atoms in total. The van der Waals surface area contributed by atoms with Gasteiger partial charge in [-0.2, -0.15) is 10.2 Å². The Morgan fingerprint density at radius 3 is 2.65 bits per heavy atom. The van der Waals surface area contributed by atoms with Crippen LogP contribution in [0.5, 0.6) is 0 Å². The van der Waals surface area contributed by atoms with Crippen LogP contribution in [0.1, 0.15) is 32.9 Å². The number of hydrogen-bond donors (Lipinski definition) is 1. The summed E-state index contributed by atoms with van der Waals surface area (Å²) in [6, 6.07) is 15.2. The molecule has 0 aliphatic carbocycles. The number of rotatable bonds is 5. The SMILES string of the molecule is Cc1cc(C)n(Cc2cccc(C(=O)N/N=C\c3ccc(F)cc3)c2)n1. The summed E-state index contributed by atoms with van der Waals surface area (Å²) in [5.74, 6) is -0.621. The fraction of sp³-hybridized carbons (Fsp3) is 0.150. The van der Waals surface area contributed by atoms with E-state index in [0.29, 0.717) is 17.7 Å². The Balaban J connectivity index is 1.66. The second-order valence-electron chi connectivity index (χ2n) is 6.04. The van der Waals surface area contributed by atoms with Crippen LogP contribution >= 0.6 is 0 Å². The van der Waals surface area contributed by atoms with Gasteiger partial charge < -0.3 is 0 Å². The lowest BCUT2D eigenvalue weighted by Crippen LogP contribution is -2.18. The Bertz CT molecular complexity index is 945. The van der Waals surface area contributed by atoms with Crippen LogP contribution in [0.4, 0.5) is 4.39 Å². The minimum absolute atomic E-state index is 0.307. The van der Waals surface area contributed by atoms with Crippen molar-refractivity contribution < 1.29 is 9.18 Å². The first-order valence-corrected chi connectivity index (χ1v) is 8.20. The molecule has 1 heterocycles. The van der Waals surface area contributed by atoms with Crippen molar-refractivity contribution >= 4 is 12.1 Å². The highest BCUT2D eigenvalue weighted by Gasteiger charge is 2.07. The van der Waals surface area contributed by atoms with E-state index >= 15 is 0 Å². The number of aryl methyl sites for hydroxylation is 2. The third-order valence-electron chi connectivity index (χ3n) is 3.87. The van der Waals surface area contributed by atoms with Crippen molar-refractivity contribution in [1.29, 1.82) is 0 Å². The lowest BCUT2D eigenvalue weighted by atomic mass is 10.1. The van der Waals surface area contributed by atoms with E-state index in [1.54, 1.807) is 18.2 Å². The van der Waals surface area contributed by atoms with Crippen LogP contribution in [0, 0.1) is 19.7 Å². The Morgan fingerprint density at radius 2 is 1.96 bits per heavy atom. The molecule has 0 aliphatic rings. The van der Waals surface area contributed by atoms with Gasteiger partial charge in [-0.25, -0.2) is 9.82 Å². The number of amides is 1. The van der Waals surface area contributed by atoms with Crippen molar-refractivity contribution in [3.8, 4) is 0 Å². The van der Waals surface area contributed by atoms with Crippen LogP contribution < -0.4 is 5.43 Å². The van der Waals surface area contributed by atoms with Crippen molar-refractivity contribution in [2.75, 3.05) is 0 Å². The average molecular weight is 350 g/mol. The quantitative estimate of drug-likeness (QED) is 0.566. The largest absolute Gasteiger partial charge is 0.271 e. The second-order valence-corrected chi connectivity index (χ2v) is 6.04. The van der Waals surface area contributed by atoms with Crippen LogP contribution in [-0.4, -0.2) is 21.9 Å². The molecule has 0 spiro atoms. The molecule has 26 heavy (non-hydrogen) atoms. The Hall–Kier alpha value is -3.28. The third-order valence-corrected chi connectivity index (χ3v) is 3.87. The number of nitrogens with zero attached hydrogens (tertiary/aromatic N) is 3. The molecule has 1 aromatic heterocycles. The van der Waals surface area contributed by atoms with Gasteiger partial charge in [-0.3, -0.25) is 9.48 Å². The highest BCUT2D eigenvalue weighted by molar-refractivity contribution is 5.95. The van der Waals surface area contributed by atoms with Crippen molar-refractivity contribution in [3.63, 3.8) is 0 Å². The van der Waals surface area contributed by atoms with Crippen LogP contribution in [0.2, 0.25) is 0 Å². The molecule has 0 unspecified atom stereocenters. The van der Waals surface area contributed by atoms with E-state index in [9.17, 15) is 9.18 Å². The maximum atomic E-state index is 12.9. The number of aromatic nitrogens is 2. The summed E-state index contributed by atoms with van der Waals surface area (Å²) < 4.78 is 14.8. The lowest BCUT2D eigenvalue weighted by Gasteiger charge is -2.06. The van der Waals surface area contributed by atoms with Gasteiger partial charge >= 0.3 is 0 Å². The predicted molar refractivity (Wildman–Crippen MR) is 98.7 cm³/mol. The fourth-order valence-corrected chi connectivity index (χ4v) is 2.60. The summed E-state index contributed by atoms with van der Waals surface area (Å²) in [5.41, 5.74) is 6.71. The minimum atomic E-state index is -0.314. The molecule has 0 saturated carbocycles. The highest BCUT2D eigenvalue weighted by atomic mass is 19.1. The molecule has 0 bridgehead atoms. The van der Waals surface area contributed by atoms with E-state index in [2.05, 4.69) is 15.6 Å². The van der Waals surface area contributed by atoms with Gasteiger partial charge in [-0.15, -0.1) is 0 Å². The minimum Gasteiger partial charge on any atom is -0.267 e. The van der Waals surface area contributed by atoms with Crippen molar-refractivity contribution in [3.05, 3.63) is 88.5 Å². The van der Waals surface area contributed by atoms with E-state index in [1.807, 2.05) is 42.8 Å². The Kier molecular flexibility index (Phi) is 5.22. The molecule has 1 amide bonds. The van der Waals surface area contributed by atoms with Crippen molar-refractivity contribution in [1.82, 2.24) is 15.2 Å². The second kappa shape index (κ2) is 7.74. The molecule has 6 heteroatoms. The van der Waals surface area contributed by atoms with E-state index in [4.69, 9.17) is 0 Å². The van der Waals surface area contributed by atoms with Gasteiger partial charge in [-0.05, 0) is 55.3 Å². The lowest BCUT2D eigenvalue weighted by molar-refractivity contribution is 0.0955. The molecule has 0 radical (unpaired) electrons. The molecule has 132 valence electrons. The maximum absolute atomic E-state index is 12.9. The van der Waals surface area contributed by atoms with Gasteiger partial charge in [0.1, 0.15) is 5.82 Å². The average Bonchev–Trinajstić information content (AvgIpc) is 2.94. The first-order valence-electron chi connectivity index (χ1n) is 8.20. The molecule has 0 fully saturated rings. The van der Waals surface area contributed by atoms with Crippen LogP contribution in [0.25, 0.3) is 0 Å². The molecule has 3 rings (SSSR count). The van der Waals surface area contributed by atoms with Gasteiger partial charge in [0.2, 0.25) is 0 Å². The fourth-order valence-electron chi connectivity index (χ4n) is 2.60. The summed E-state index contributed by atoms with van der Waals surface area (Å²) in [6.07, 6.45) is 1.47. The van der Waals surface area contributed by atoms with Gasteiger partial charge in [0.15, 0.2) is 0 Å². The summed E-state index contributed by atoms with van der Waals surface area (Å²) >= 11 is 0. The van der Waals surface area contributed by atoms with E-state index in [-0.39, 0.29) is 11.7 Å². The molecular weight excluding hydrogens is 331 g/mol. The number of carbonyl (C=O) groups is 1. The summed E-state index contributed by atoms with van der Waals surface area (Å²) in [7, 11) is 0. The van der Waals surface area contributed by atoms with Gasteiger partial charge in [0.05, 0.1) is 18.5 Å². The molecule has 0 atom stereocenters. The van der Waals surface area contributed by atoms with Crippen molar-refractivity contribution in [2.24, 2.45) is 5.10 Å².